The fourth-order valence-electron chi connectivity index (χ4n) is 1.82. The molecule has 0 saturated carbocycles. The van der Waals surface area contributed by atoms with E-state index in [2.05, 4.69) is 10.4 Å². The molecule has 2 rings (SSSR count). The molecule has 1 heterocycles. The summed E-state index contributed by atoms with van der Waals surface area (Å²) in [6, 6.07) is 7.51. The average molecular weight is 274 g/mol. The molecule has 0 unspecified atom stereocenters. The molecular formula is C14H18N4O2. The summed E-state index contributed by atoms with van der Waals surface area (Å²) in [4.78, 5) is 12.0. The van der Waals surface area contributed by atoms with Crippen molar-refractivity contribution in [3.63, 3.8) is 0 Å². The molecule has 0 spiro atoms. The van der Waals surface area contributed by atoms with Crippen LogP contribution < -0.4 is 15.8 Å². The van der Waals surface area contributed by atoms with E-state index in [1.807, 2.05) is 31.2 Å². The lowest BCUT2D eigenvalue weighted by atomic mass is 10.2. The van der Waals surface area contributed by atoms with Gasteiger partial charge in [0.1, 0.15) is 5.75 Å². The van der Waals surface area contributed by atoms with Crippen LogP contribution >= 0.6 is 0 Å². The van der Waals surface area contributed by atoms with Crippen molar-refractivity contribution in [2.24, 2.45) is 0 Å². The summed E-state index contributed by atoms with van der Waals surface area (Å²) in [7, 11) is 1.61. The van der Waals surface area contributed by atoms with Gasteiger partial charge in [0.25, 0.3) is 5.91 Å². The van der Waals surface area contributed by atoms with E-state index in [0.717, 1.165) is 11.3 Å². The van der Waals surface area contributed by atoms with Crippen molar-refractivity contribution in [3.8, 4) is 5.75 Å². The van der Waals surface area contributed by atoms with Crippen LogP contribution in [-0.4, -0.2) is 22.8 Å². The standard InChI is InChI=1S/C14H18N4O2/c1-3-18-9-12(15)13(17-18)14(19)16-8-10-5-4-6-11(7-10)20-2/h4-7,9H,3,8,15H2,1-2H3,(H,16,19). The molecule has 0 bridgehead atoms. The number of anilines is 1. The van der Waals surface area contributed by atoms with Crippen LogP contribution in [0.5, 0.6) is 5.75 Å². The van der Waals surface area contributed by atoms with Crippen LogP contribution in [0.4, 0.5) is 5.69 Å². The number of hydrogen-bond acceptors (Lipinski definition) is 4. The lowest BCUT2D eigenvalue weighted by Crippen LogP contribution is -2.24. The molecule has 0 fully saturated rings. The minimum absolute atomic E-state index is 0.259. The summed E-state index contributed by atoms with van der Waals surface area (Å²) in [5.74, 6) is 0.476. The third-order valence-corrected chi connectivity index (χ3v) is 2.92. The van der Waals surface area contributed by atoms with Gasteiger partial charge < -0.3 is 15.8 Å². The van der Waals surface area contributed by atoms with Crippen molar-refractivity contribution < 1.29 is 9.53 Å². The van der Waals surface area contributed by atoms with Gasteiger partial charge in [-0.1, -0.05) is 12.1 Å². The van der Waals surface area contributed by atoms with Gasteiger partial charge in [-0.2, -0.15) is 5.10 Å². The van der Waals surface area contributed by atoms with Crippen molar-refractivity contribution in [1.29, 1.82) is 0 Å². The van der Waals surface area contributed by atoms with E-state index in [0.29, 0.717) is 18.8 Å². The Labute approximate surface area is 117 Å². The number of carbonyl (C=O) groups excluding carboxylic acids is 1. The van der Waals surface area contributed by atoms with Crippen LogP contribution in [0.15, 0.2) is 30.5 Å². The molecule has 0 saturated heterocycles. The summed E-state index contributed by atoms with van der Waals surface area (Å²) in [6.07, 6.45) is 1.65. The Morgan fingerprint density at radius 1 is 1.50 bits per heavy atom. The molecule has 1 aromatic carbocycles. The summed E-state index contributed by atoms with van der Waals surface area (Å²) in [5, 5.41) is 6.92. The number of amides is 1. The highest BCUT2D eigenvalue weighted by Crippen LogP contribution is 2.13. The van der Waals surface area contributed by atoms with Gasteiger partial charge >= 0.3 is 0 Å². The molecule has 0 aliphatic heterocycles. The van der Waals surface area contributed by atoms with Gasteiger partial charge in [-0.3, -0.25) is 9.48 Å². The fraction of sp³-hybridized carbons (Fsp3) is 0.286. The second-order valence-corrected chi connectivity index (χ2v) is 4.32. The molecule has 0 aliphatic carbocycles. The fourth-order valence-corrected chi connectivity index (χ4v) is 1.82. The van der Waals surface area contributed by atoms with Crippen molar-refractivity contribution in [1.82, 2.24) is 15.1 Å². The Hall–Kier alpha value is -2.50. The number of hydrogen-bond donors (Lipinski definition) is 2. The molecule has 1 amide bonds. The van der Waals surface area contributed by atoms with E-state index in [4.69, 9.17) is 10.5 Å². The minimum atomic E-state index is -0.280. The van der Waals surface area contributed by atoms with Crippen molar-refractivity contribution in [3.05, 3.63) is 41.7 Å². The zero-order chi connectivity index (χ0) is 14.5. The minimum Gasteiger partial charge on any atom is -0.497 e. The van der Waals surface area contributed by atoms with Crippen molar-refractivity contribution in [2.45, 2.75) is 20.0 Å². The van der Waals surface area contributed by atoms with E-state index in [1.165, 1.54) is 0 Å². The maximum atomic E-state index is 12.0. The highest BCUT2D eigenvalue weighted by Gasteiger charge is 2.14. The number of nitrogens with two attached hydrogens (primary N) is 1. The number of rotatable bonds is 5. The summed E-state index contributed by atoms with van der Waals surface area (Å²) >= 11 is 0. The normalized spacial score (nSPS) is 10.3. The average Bonchev–Trinajstić information content (AvgIpc) is 2.86. The quantitative estimate of drug-likeness (QED) is 0.864. The van der Waals surface area contributed by atoms with Crippen LogP contribution in [0.2, 0.25) is 0 Å². The first-order valence-electron chi connectivity index (χ1n) is 6.38. The van der Waals surface area contributed by atoms with Crippen LogP contribution in [-0.2, 0) is 13.1 Å². The number of benzene rings is 1. The van der Waals surface area contributed by atoms with Gasteiger partial charge in [-0.25, -0.2) is 0 Å². The summed E-state index contributed by atoms with van der Waals surface area (Å²) in [5.41, 5.74) is 7.36. The largest absolute Gasteiger partial charge is 0.497 e. The zero-order valence-corrected chi connectivity index (χ0v) is 11.6. The highest BCUT2D eigenvalue weighted by atomic mass is 16.5. The molecule has 6 nitrogen and oxygen atoms in total. The van der Waals surface area contributed by atoms with Gasteiger partial charge in [-0.05, 0) is 24.6 Å². The molecule has 0 aliphatic rings. The first-order valence-corrected chi connectivity index (χ1v) is 6.38. The number of nitrogen functional groups attached to an aromatic ring is 1. The van der Waals surface area contributed by atoms with Gasteiger partial charge in [0.05, 0.1) is 12.8 Å². The number of nitrogens with zero attached hydrogens (tertiary/aromatic N) is 2. The van der Waals surface area contributed by atoms with Crippen LogP contribution in [0, 0.1) is 0 Å². The third kappa shape index (κ3) is 3.09. The number of ether oxygens (including phenoxy) is 1. The van der Waals surface area contributed by atoms with E-state index < -0.39 is 0 Å². The second kappa shape index (κ2) is 6.10. The third-order valence-electron chi connectivity index (χ3n) is 2.92. The molecule has 6 heteroatoms. The van der Waals surface area contributed by atoms with E-state index in [9.17, 15) is 4.79 Å². The lowest BCUT2D eigenvalue weighted by molar-refractivity contribution is 0.0946. The Morgan fingerprint density at radius 3 is 2.95 bits per heavy atom. The Bertz CT molecular complexity index is 607. The molecule has 1 aromatic heterocycles. The first kappa shape index (κ1) is 13.9. The SMILES string of the molecule is CCn1cc(N)c(C(=O)NCc2cccc(OC)c2)n1. The summed E-state index contributed by atoms with van der Waals surface area (Å²) < 4.78 is 6.77. The molecule has 0 radical (unpaired) electrons. The molecule has 2 aromatic rings. The second-order valence-electron chi connectivity index (χ2n) is 4.32. The van der Waals surface area contributed by atoms with Gasteiger partial charge in [-0.15, -0.1) is 0 Å². The predicted octanol–water partition coefficient (Wildman–Crippen LogP) is 1.42. The maximum absolute atomic E-state index is 12.0. The number of methoxy groups -OCH3 is 1. The van der Waals surface area contributed by atoms with Crippen molar-refractivity contribution >= 4 is 11.6 Å². The van der Waals surface area contributed by atoms with Crippen molar-refractivity contribution in [2.75, 3.05) is 12.8 Å². The Morgan fingerprint density at radius 2 is 2.30 bits per heavy atom. The topological polar surface area (TPSA) is 82.2 Å². The van der Waals surface area contributed by atoms with Gasteiger partial charge in [0.2, 0.25) is 0 Å². The molecule has 106 valence electrons. The molecular weight excluding hydrogens is 256 g/mol. The molecule has 3 N–H and O–H groups in total. The smallest absolute Gasteiger partial charge is 0.274 e. The summed E-state index contributed by atoms with van der Waals surface area (Å²) in [6.45, 7) is 3.01. The van der Waals surface area contributed by atoms with E-state index in [-0.39, 0.29) is 11.6 Å². The van der Waals surface area contributed by atoms with Gasteiger partial charge in [0.15, 0.2) is 5.69 Å². The van der Waals surface area contributed by atoms with E-state index >= 15 is 0 Å². The zero-order valence-electron chi connectivity index (χ0n) is 11.6. The van der Waals surface area contributed by atoms with E-state index in [1.54, 1.807) is 18.0 Å². The highest BCUT2D eigenvalue weighted by molar-refractivity contribution is 5.96. The number of carbonyl (C=O) groups is 1. The monoisotopic (exact) mass is 274 g/mol. The maximum Gasteiger partial charge on any atom is 0.274 e. The van der Waals surface area contributed by atoms with Crippen LogP contribution in [0.1, 0.15) is 23.0 Å². The number of nitrogens with one attached hydrogen (secondary N) is 1. The van der Waals surface area contributed by atoms with Crippen LogP contribution in [0.25, 0.3) is 0 Å². The first-order chi connectivity index (χ1) is 9.63. The lowest BCUT2D eigenvalue weighted by Gasteiger charge is -2.06. The molecule has 20 heavy (non-hydrogen) atoms. The number of aryl methyl sites for hydroxylation is 1. The number of aromatic nitrogens is 2. The molecule has 0 atom stereocenters. The predicted molar refractivity (Wildman–Crippen MR) is 76.5 cm³/mol. The Balaban J connectivity index is 2.02. The van der Waals surface area contributed by atoms with Gasteiger partial charge in [0, 0.05) is 19.3 Å². The Kier molecular flexibility index (Phi) is 4.24. The van der Waals surface area contributed by atoms with Crippen LogP contribution in [0.3, 0.4) is 0 Å².